The Kier molecular flexibility index (Phi) is 24.7. The number of allylic oxidation sites excluding steroid dienone is 3. The van der Waals surface area contributed by atoms with Gasteiger partial charge in [0.2, 0.25) is 0 Å². The lowest BCUT2D eigenvalue weighted by atomic mass is 10.2. The smallest absolute Gasteiger partial charge is 0.497 e. The Labute approximate surface area is 160 Å². The van der Waals surface area contributed by atoms with Crippen LogP contribution in [0.1, 0.15) is 78.6 Å². The Morgan fingerprint density at radius 3 is 1.73 bits per heavy atom. The van der Waals surface area contributed by atoms with E-state index in [0.717, 1.165) is 19.3 Å². The first-order valence-corrected chi connectivity index (χ1v) is 9.86. The average Bonchev–Trinajstić information content (AvgIpc) is 2.60. The third kappa shape index (κ3) is 27.6. The van der Waals surface area contributed by atoms with Crippen molar-refractivity contribution in [3.63, 3.8) is 0 Å². The van der Waals surface area contributed by atoms with Gasteiger partial charge in [0.25, 0.3) is 0 Å². The van der Waals surface area contributed by atoms with Crippen molar-refractivity contribution in [3.05, 3.63) is 36.8 Å². The summed E-state index contributed by atoms with van der Waals surface area (Å²) in [5.41, 5.74) is 0. The zero-order chi connectivity index (χ0) is 19.9. The molecule has 5 nitrogen and oxygen atoms in total. The van der Waals surface area contributed by atoms with Crippen molar-refractivity contribution in [2.45, 2.75) is 84.7 Å². The minimum atomic E-state index is -2.17. The van der Waals surface area contributed by atoms with Gasteiger partial charge in [0, 0.05) is 0 Å². The molecule has 6 heteroatoms. The first kappa shape index (κ1) is 27.0. The fourth-order valence-electron chi connectivity index (χ4n) is 1.87. The quantitative estimate of drug-likeness (QED) is 0.171. The molecule has 0 aromatic carbocycles. The molecule has 0 heterocycles. The molecule has 0 aliphatic carbocycles. The minimum absolute atomic E-state index is 0.00515. The summed E-state index contributed by atoms with van der Waals surface area (Å²) in [7, 11) is -2.17. The number of rotatable bonds is 15. The van der Waals surface area contributed by atoms with Crippen LogP contribution < -0.4 is 0 Å². The van der Waals surface area contributed by atoms with E-state index in [1.807, 2.05) is 12.5 Å². The van der Waals surface area contributed by atoms with E-state index < -0.39 is 7.32 Å². The fourth-order valence-corrected chi connectivity index (χ4v) is 1.87. The Balaban J connectivity index is 0. The van der Waals surface area contributed by atoms with Crippen molar-refractivity contribution in [2.24, 2.45) is 0 Å². The molecule has 1 unspecified atom stereocenters. The third-order valence-corrected chi connectivity index (χ3v) is 3.33. The summed E-state index contributed by atoms with van der Waals surface area (Å²) in [4.78, 5) is 0. The summed E-state index contributed by atoms with van der Waals surface area (Å²) >= 11 is 0. The molecule has 1 atom stereocenters. The maximum absolute atomic E-state index is 7.17. The zero-order valence-corrected chi connectivity index (χ0v) is 16.8. The topological polar surface area (TPSA) is 79.2 Å². The van der Waals surface area contributed by atoms with E-state index in [4.69, 9.17) is 24.5 Å². The number of unbranched alkanes of at least 4 members (excludes halogenated alkanes) is 6. The van der Waals surface area contributed by atoms with Crippen LogP contribution in [0.15, 0.2) is 36.8 Å². The van der Waals surface area contributed by atoms with Crippen LogP contribution >= 0.6 is 0 Å². The Bertz CT molecular complexity index is 340. The van der Waals surface area contributed by atoms with Gasteiger partial charge in [-0.1, -0.05) is 52.5 Å². The van der Waals surface area contributed by atoms with Crippen molar-refractivity contribution in [3.8, 4) is 0 Å². The van der Waals surface area contributed by atoms with Gasteiger partial charge in [-0.05, 0) is 50.3 Å². The first-order valence-electron chi connectivity index (χ1n) is 9.86. The molecule has 0 radical (unpaired) electrons. The highest BCUT2D eigenvalue weighted by Crippen LogP contribution is 2.04. The molecule has 0 fully saturated rings. The largest absolute Gasteiger partial charge is 0.631 e. The normalized spacial score (nSPS) is 12.4. The summed E-state index contributed by atoms with van der Waals surface area (Å²) in [6.45, 7) is 7.18. The lowest BCUT2D eigenvalue weighted by molar-refractivity contribution is 0.0994. The van der Waals surface area contributed by atoms with Gasteiger partial charge >= 0.3 is 7.32 Å². The van der Waals surface area contributed by atoms with Crippen molar-refractivity contribution in [1.29, 1.82) is 0 Å². The second-order valence-electron chi connectivity index (χ2n) is 5.95. The fraction of sp³-hybridized carbons (Fsp3) is 0.700. The van der Waals surface area contributed by atoms with E-state index in [0.29, 0.717) is 6.61 Å². The first-order chi connectivity index (χ1) is 12.6. The molecular formula is C20H39BO5. The van der Waals surface area contributed by atoms with Gasteiger partial charge in [0.1, 0.15) is 12.7 Å². The summed E-state index contributed by atoms with van der Waals surface area (Å²) in [6, 6.07) is 0. The van der Waals surface area contributed by atoms with Crippen LogP contribution in [0.5, 0.6) is 0 Å². The highest BCUT2D eigenvalue weighted by molar-refractivity contribution is 6.30. The predicted molar refractivity (Wildman–Crippen MR) is 109 cm³/mol. The van der Waals surface area contributed by atoms with Crippen LogP contribution in [0.3, 0.4) is 0 Å². The molecule has 0 aromatic heterocycles. The molecule has 0 amide bonds. The van der Waals surface area contributed by atoms with Crippen molar-refractivity contribution < 1.29 is 24.5 Å². The molecule has 0 aliphatic rings. The summed E-state index contributed by atoms with van der Waals surface area (Å²) in [5.74, 6) is 0. The molecule has 152 valence electrons. The van der Waals surface area contributed by atoms with E-state index in [1.54, 1.807) is 0 Å². The standard InChI is InChI=1S/C20H36O2.BH3O3/c1-4-7-10-13-16-20(22-18-15-12-9-6-3)19-21-17-14-11-8-5-2;2-1(3)4/h13-18,20H,4-12,19H2,1-3H3;2-4H. The summed E-state index contributed by atoms with van der Waals surface area (Å²) in [6.07, 6.45) is 22.8. The highest BCUT2D eigenvalue weighted by Gasteiger charge is 2.02. The highest BCUT2D eigenvalue weighted by atomic mass is 16.5. The van der Waals surface area contributed by atoms with Crippen molar-refractivity contribution in [1.82, 2.24) is 0 Å². The molecule has 0 bridgehead atoms. The molecule has 0 rings (SSSR count). The molecule has 0 aromatic rings. The van der Waals surface area contributed by atoms with E-state index in [9.17, 15) is 0 Å². The van der Waals surface area contributed by atoms with Gasteiger partial charge in [-0.2, -0.15) is 0 Å². The molecule has 0 saturated carbocycles. The van der Waals surface area contributed by atoms with E-state index >= 15 is 0 Å². The van der Waals surface area contributed by atoms with Crippen LogP contribution in [0, 0.1) is 0 Å². The van der Waals surface area contributed by atoms with Crippen molar-refractivity contribution >= 4 is 7.32 Å². The molecular weight excluding hydrogens is 331 g/mol. The number of hydrogen-bond acceptors (Lipinski definition) is 5. The summed E-state index contributed by atoms with van der Waals surface area (Å²) < 4.78 is 11.4. The van der Waals surface area contributed by atoms with E-state index in [-0.39, 0.29) is 6.10 Å². The van der Waals surface area contributed by atoms with Gasteiger partial charge in [-0.25, -0.2) is 0 Å². The van der Waals surface area contributed by atoms with E-state index in [2.05, 4.69) is 45.1 Å². The molecule has 3 N–H and O–H groups in total. The number of ether oxygens (including phenoxy) is 2. The van der Waals surface area contributed by atoms with Gasteiger partial charge < -0.3 is 24.5 Å². The lowest BCUT2D eigenvalue weighted by Crippen LogP contribution is -2.13. The van der Waals surface area contributed by atoms with Gasteiger partial charge in [-0.3, -0.25) is 0 Å². The van der Waals surface area contributed by atoms with Crippen molar-refractivity contribution in [2.75, 3.05) is 6.61 Å². The zero-order valence-electron chi connectivity index (χ0n) is 16.8. The van der Waals surface area contributed by atoms with Crippen LogP contribution in [0.2, 0.25) is 0 Å². The van der Waals surface area contributed by atoms with Crippen LogP contribution in [0.25, 0.3) is 0 Å². The van der Waals surface area contributed by atoms with Gasteiger partial charge in [0.05, 0.1) is 12.5 Å². The van der Waals surface area contributed by atoms with Crippen LogP contribution in [-0.2, 0) is 9.47 Å². The van der Waals surface area contributed by atoms with Crippen LogP contribution in [0.4, 0.5) is 0 Å². The Morgan fingerprint density at radius 2 is 1.23 bits per heavy atom. The third-order valence-electron chi connectivity index (χ3n) is 3.33. The van der Waals surface area contributed by atoms with Gasteiger partial charge in [0.15, 0.2) is 0 Å². The minimum Gasteiger partial charge on any atom is -0.497 e. The van der Waals surface area contributed by atoms with Crippen LogP contribution in [-0.4, -0.2) is 35.1 Å². The monoisotopic (exact) mass is 370 g/mol. The van der Waals surface area contributed by atoms with Gasteiger partial charge in [-0.15, -0.1) is 0 Å². The SMILES string of the molecule is CCCCC=COCC(C=CCCCC)OC=CCCCC.OB(O)O. The molecule has 0 aliphatic heterocycles. The summed E-state index contributed by atoms with van der Waals surface area (Å²) in [5, 5.41) is 21.5. The average molecular weight is 370 g/mol. The lowest BCUT2D eigenvalue weighted by Gasteiger charge is -2.12. The second kappa shape index (κ2) is 23.8. The van der Waals surface area contributed by atoms with E-state index in [1.165, 1.54) is 38.5 Å². The maximum Gasteiger partial charge on any atom is 0.631 e. The molecule has 0 saturated heterocycles. The molecule has 0 spiro atoms. The Hall–Kier alpha value is -1.24. The number of hydrogen-bond donors (Lipinski definition) is 3. The Morgan fingerprint density at radius 1 is 0.769 bits per heavy atom. The molecule has 26 heavy (non-hydrogen) atoms. The second-order valence-corrected chi connectivity index (χ2v) is 5.95. The maximum atomic E-state index is 7.17. The predicted octanol–water partition coefficient (Wildman–Crippen LogP) is 4.49.